The number of benzene rings is 1. The number of urea groups is 1. The summed E-state index contributed by atoms with van der Waals surface area (Å²) >= 11 is 5.90. The third-order valence-corrected chi connectivity index (χ3v) is 3.39. The largest absolute Gasteiger partial charge is 0.481 e. The number of carboxylic acids is 1. The number of nitrogens with one attached hydrogen (secondary N) is 2. The van der Waals surface area contributed by atoms with Crippen molar-refractivity contribution in [1.29, 1.82) is 0 Å². The van der Waals surface area contributed by atoms with Crippen LogP contribution in [0.25, 0.3) is 0 Å². The second kappa shape index (κ2) is 7.64. The van der Waals surface area contributed by atoms with E-state index < -0.39 is 18.0 Å². The topological polar surface area (TPSA) is 96.2 Å². The van der Waals surface area contributed by atoms with E-state index in [1.165, 1.54) is 0 Å². The lowest BCUT2D eigenvalue weighted by molar-refractivity contribution is -0.136. The molecule has 0 saturated carbocycles. The Hall–Kier alpha value is -2.54. The van der Waals surface area contributed by atoms with E-state index in [4.69, 9.17) is 16.7 Å². The maximum absolute atomic E-state index is 12.0. The van der Waals surface area contributed by atoms with Crippen molar-refractivity contribution in [2.24, 2.45) is 7.05 Å². The van der Waals surface area contributed by atoms with Gasteiger partial charge >= 0.3 is 12.0 Å². The Morgan fingerprint density at radius 2 is 2.00 bits per heavy atom. The average Bonchev–Trinajstić information content (AvgIpc) is 2.92. The molecule has 0 aliphatic carbocycles. The number of halogens is 1. The van der Waals surface area contributed by atoms with Crippen LogP contribution >= 0.6 is 11.6 Å². The summed E-state index contributed by atoms with van der Waals surface area (Å²) in [4.78, 5) is 22.5. The Morgan fingerprint density at radius 3 is 2.57 bits per heavy atom. The molecule has 1 unspecified atom stereocenters. The van der Waals surface area contributed by atoms with Gasteiger partial charge in [-0.05, 0) is 23.8 Å². The van der Waals surface area contributed by atoms with E-state index in [0.29, 0.717) is 10.7 Å². The third-order valence-electron chi connectivity index (χ3n) is 3.13. The maximum atomic E-state index is 12.0. The molecule has 7 nitrogen and oxygen atoms in total. The number of carbonyl (C=O) groups is 2. The van der Waals surface area contributed by atoms with Gasteiger partial charge in [0.15, 0.2) is 0 Å². The second-order valence-corrected chi connectivity index (χ2v) is 5.38. The summed E-state index contributed by atoms with van der Waals surface area (Å²) in [6.07, 6.45) is 1.64. The van der Waals surface area contributed by atoms with Gasteiger partial charge in [-0.25, -0.2) is 4.79 Å². The first-order valence-corrected chi connectivity index (χ1v) is 7.34. The van der Waals surface area contributed by atoms with Crippen LogP contribution in [-0.2, 0) is 11.8 Å². The summed E-state index contributed by atoms with van der Waals surface area (Å²) in [7, 11) is 1.79. The predicted octanol–water partition coefficient (Wildman–Crippen LogP) is 1.94. The zero-order valence-corrected chi connectivity index (χ0v) is 13.2. The smallest absolute Gasteiger partial charge is 0.315 e. The fourth-order valence-electron chi connectivity index (χ4n) is 2.04. The molecular formula is C15H17ClN4O3. The van der Waals surface area contributed by atoms with Crippen LogP contribution in [0.4, 0.5) is 4.79 Å². The van der Waals surface area contributed by atoms with Gasteiger partial charge in [0.25, 0.3) is 0 Å². The van der Waals surface area contributed by atoms with Crippen molar-refractivity contribution in [2.75, 3.05) is 6.54 Å². The normalized spacial score (nSPS) is 11.7. The van der Waals surface area contributed by atoms with Gasteiger partial charge in [-0.3, -0.25) is 9.48 Å². The Morgan fingerprint density at radius 1 is 1.30 bits per heavy atom. The van der Waals surface area contributed by atoms with Crippen LogP contribution in [0, 0.1) is 0 Å². The minimum absolute atomic E-state index is 0.0523. The fourth-order valence-corrected chi connectivity index (χ4v) is 2.16. The van der Waals surface area contributed by atoms with Gasteiger partial charge in [0.1, 0.15) is 6.04 Å². The van der Waals surface area contributed by atoms with Crippen molar-refractivity contribution in [2.45, 2.75) is 12.5 Å². The van der Waals surface area contributed by atoms with Crippen LogP contribution < -0.4 is 10.6 Å². The van der Waals surface area contributed by atoms with Gasteiger partial charge in [-0.2, -0.15) is 5.10 Å². The van der Waals surface area contributed by atoms with Crippen LogP contribution in [0.2, 0.25) is 5.02 Å². The molecule has 8 heteroatoms. The lowest BCUT2D eigenvalue weighted by atomic mass is 10.0. The zero-order chi connectivity index (χ0) is 16.8. The number of nitrogens with zero attached hydrogens (tertiary/aromatic N) is 2. The van der Waals surface area contributed by atoms with Crippen molar-refractivity contribution in [3.8, 4) is 0 Å². The molecule has 1 atom stereocenters. The number of rotatable bonds is 6. The molecule has 0 aliphatic heterocycles. The molecule has 1 aromatic carbocycles. The summed E-state index contributed by atoms with van der Waals surface area (Å²) < 4.78 is 1.64. The summed E-state index contributed by atoms with van der Waals surface area (Å²) in [6, 6.07) is 7.96. The van der Waals surface area contributed by atoms with Gasteiger partial charge in [-0.15, -0.1) is 0 Å². The highest BCUT2D eigenvalue weighted by molar-refractivity contribution is 6.30. The molecule has 2 aromatic rings. The van der Waals surface area contributed by atoms with Gasteiger partial charge in [0.05, 0.1) is 12.1 Å². The van der Waals surface area contributed by atoms with Gasteiger partial charge in [0, 0.05) is 24.8 Å². The quantitative estimate of drug-likeness (QED) is 0.751. The molecule has 122 valence electrons. The molecule has 2 amide bonds. The molecule has 1 heterocycles. The number of aryl methyl sites for hydroxylation is 1. The van der Waals surface area contributed by atoms with Crippen molar-refractivity contribution in [3.63, 3.8) is 0 Å². The molecule has 3 N–H and O–H groups in total. The number of hydrogen-bond acceptors (Lipinski definition) is 3. The summed E-state index contributed by atoms with van der Waals surface area (Å²) in [5.41, 5.74) is 1.49. The molecule has 0 fully saturated rings. The van der Waals surface area contributed by atoms with Crippen molar-refractivity contribution in [3.05, 3.63) is 52.8 Å². The van der Waals surface area contributed by atoms with Gasteiger partial charge < -0.3 is 15.7 Å². The van der Waals surface area contributed by atoms with Crippen LogP contribution in [0.5, 0.6) is 0 Å². The minimum Gasteiger partial charge on any atom is -0.481 e. The first-order chi connectivity index (χ1) is 11.0. The number of carbonyl (C=O) groups excluding carboxylic acids is 1. The Bertz CT molecular complexity index is 684. The number of hydrogen-bond donors (Lipinski definition) is 3. The lowest BCUT2D eigenvalue weighted by Crippen LogP contribution is -2.39. The van der Waals surface area contributed by atoms with E-state index in [0.717, 1.165) is 5.56 Å². The molecule has 0 bridgehead atoms. The number of amides is 2. The van der Waals surface area contributed by atoms with Crippen LogP contribution in [0.15, 0.2) is 36.5 Å². The Kier molecular flexibility index (Phi) is 5.59. The van der Waals surface area contributed by atoms with Crippen LogP contribution in [0.1, 0.15) is 23.7 Å². The number of aliphatic carboxylic acids is 1. The summed E-state index contributed by atoms with van der Waals surface area (Å²) in [5, 5.41) is 18.8. The van der Waals surface area contributed by atoms with E-state index in [9.17, 15) is 9.59 Å². The zero-order valence-electron chi connectivity index (χ0n) is 12.5. The minimum atomic E-state index is -0.968. The van der Waals surface area contributed by atoms with Crippen molar-refractivity contribution >= 4 is 23.6 Å². The van der Waals surface area contributed by atoms with Crippen LogP contribution in [-0.4, -0.2) is 33.4 Å². The molecule has 0 radical (unpaired) electrons. The van der Waals surface area contributed by atoms with E-state index in [1.54, 1.807) is 48.3 Å². The number of carboxylic acid groups (broad SMARTS) is 1. The molecule has 0 saturated heterocycles. The average molecular weight is 337 g/mol. The Balaban J connectivity index is 2.12. The first-order valence-electron chi connectivity index (χ1n) is 6.97. The van der Waals surface area contributed by atoms with E-state index >= 15 is 0 Å². The second-order valence-electron chi connectivity index (χ2n) is 4.94. The highest BCUT2D eigenvalue weighted by Crippen LogP contribution is 2.22. The van der Waals surface area contributed by atoms with Crippen molar-refractivity contribution < 1.29 is 14.7 Å². The molecule has 1 aromatic heterocycles. The fraction of sp³-hybridized carbons (Fsp3) is 0.267. The monoisotopic (exact) mass is 336 g/mol. The SMILES string of the molecule is Cn1ccc(C(NC(=O)NCCC(=O)O)c2ccc(Cl)cc2)n1. The molecule has 0 spiro atoms. The van der Waals surface area contributed by atoms with Crippen LogP contribution in [0.3, 0.4) is 0 Å². The van der Waals surface area contributed by atoms with Gasteiger partial charge in [0.2, 0.25) is 0 Å². The van der Waals surface area contributed by atoms with E-state index in [1.807, 2.05) is 0 Å². The van der Waals surface area contributed by atoms with Gasteiger partial charge in [-0.1, -0.05) is 23.7 Å². The Labute approximate surface area is 138 Å². The number of aromatic nitrogens is 2. The maximum Gasteiger partial charge on any atom is 0.315 e. The summed E-state index contributed by atoms with van der Waals surface area (Å²) in [5.74, 6) is -0.968. The third kappa shape index (κ3) is 5.00. The standard InChI is InChI=1S/C15H17ClN4O3/c1-20-9-7-12(19-20)14(10-2-4-11(16)5-3-10)18-15(23)17-8-6-13(21)22/h2-5,7,9,14H,6,8H2,1H3,(H,21,22)(H2,17,18,23). The molecular weight excluding hydrogens is 320 g/mol. The first kappa shape index (κ1) is 16.8. The predicted molar refractivity (Wildman–Crippen MR) is 85.3 cm³/mol. The van der Waals surface area contributed by atoms with E-state index in [2.05, 4.69) is 15.7 Å². The summed E-state index contributed by atoms with van der Waals surface area (Å²) in [6.45, 7) is 0.0523. The molecule has 2 rings (SSSR count). The highest BCUT2D eigenvalue weighted by atomic mass is 35.5. The highest BCUT2D eigenvalue weighted by Gasteiger charge is 2.19. The van der Waals surface area contributed by atoms with Crippen molar-refractivity contribution in [1.82, 2.24) is 20.4 Å². The van der Waals surface area contributed by atoms with E-state index in [-0.39, 0.29) is 13.0 Å². The molecule has 23 heavy (non-hydrogen) atoms. The molecule has 0 aliphatic rings. The lowest BCUT2D eigenvalue weighted by Gasteiger charge is -2.18.